The zero-order valence-corrected chi connectivity index (χ0v) is 10.2. The van der Waals surface area contributed by atoms with Gasteiger partial charge in [-0.2, -0.15) is 0 Å². The minimum atomic E-state index is -0.984. The maximum Gasteiger partial charge on any atom is 0.325 e. The Morgan fingerprint density at radius 1 is 1.38 bits per heavy atom. The molecule has 0 aromatic carbocycles. The quantitative estimate of drug-likeness (QED) is 0.772. The second-order valence-corrected chi connectivity index (χ2v) is 5.36. The van der Waals surface area contributed by atoms with Crippen LogP contribution in [0, 0.1) is 11.3 Å². The van der Waals surface area contributed by atoms with Crippen LogP contribution >= 0.6 is 0 Å². The van der Waals surface area contributed by atoms with E-state index in [1.807, 2.05) is 0 Å². The van der Waals surface area contributed by atoms with Crippen LogP contribution in [0.5, 0.6) is 0 Å². The van der Waals surface area contributed by atoms with Gasteiger partial charge in [0.05, 0.1) is 0 Å². The molecule has 1 aliphatic rings. The lowest BCUT2D eigenvalue weighted by Gasteiger charge is -2.37. The first-order valence-corrected chi connectivity index (χ1v) is 5.88. The molecule has 0 bridgehead atoms. The van der Waals surface area contributed by atoms with Crippen LogP contribution in [-0.4, -0.2) is 23.0 Å². The van der Waals surface area contributed by atoms with Gasteiger partial charge in [0.1, 0.15) is 6.04 Å². The van der Waals surface area contributed by atoms with Crippen molar-refractivity contribution in [3.63, 3.8) is 0 Å². The Hall–Kier alpha value is -1.06. The van der Waals surface area contributed by atoms with Gasteiger partial charge in [-0.05, 0) is 25.2 Å². The van der Waals surface area contributed by atoms with Gasteiger partial charge in [0, 0.05) is 5.92 Å². The molecule has 1 amide bonds. The third-order valence-electron chi connectivity index (χ3n) is 3.55. The number of amides is 1. The molecule has 92 valence electrons. The van der Waals surface area contributed by atoms with Crippen molar-refractivity contribution < 1.29 is 14.7 Å². The summed E-state index contributed by atoms with van der Waals surface area (Å²) >= 11 is 0. The number of hydrogen-bond acceptors (Lipinski definition) is 2. The number of rotatable bonds is 3. The van der Waals surface area contributed by atoms with Gasteiger partial charge in [0.25, 0.3) is 0 Å². The summed E-state index contributed by atoms with van der Waals surface area (Å²) < 4.78 is 0. The molecule has 1 aliphatic carbocycles. The third-order valence-corrected chi connectivity index (χ3v) is 3.55. The second-order valence-electron chi connectivity index (χ2n) is 5.36. The first-order valence-electron chi connectivity index (χ1n) is 5.88. The Labute approximate surface area is 96.4 Å². The van der Waals surface area contributed by atoms with Gasteiger partial charge in [0.15, 0.2) is 0 Å². The standard InChI is InChI=1S/C12H21NO3/c1-8(11(15)16)13-10(14)9-6-4-5-7-12(9,2)3/h8-9H,4-7H2,1-3H3,(H,13,14)(H,15,16)/t8-,9?/m1/s1. The molecule has 16 heavy (non-hydrogen) atoms. The van der Waals surface area contributed by atoms with E-state index in [9.17, 15) is 9.59 Å². The smallest absolute Gasteiger partial charge is 0.325 e. The van der Waals surface area contributed by atoms with Crippen LogP contribution in [0.25, 0.3) is 0 Å². The predicted molar refractivity (Wildman–Crippen MR) is 61.0 cm³/mol. The average molecular weight is 227 g/mol. The van der Waals surface area contributed by atoms with Crippen molar-refractivity contribution in [1.82, 2.24) is 5.32 Å². The van der Waals surface area contributed by atoms with E-state index in [1.54, 1.807) is 0 Å². The number of carbonyl (C=O) groups is 2. The molecule has 1 unspecified atom stereocenters. The summed E-state index contributed by atoms with van der Waals surface area (Å²) in [4.78, 5) is 22.6. The number of carboxylic acid groups (broad SMARTS) is 1. The largest absolute Gasteiger partial charge is 0.480 e. The molecule has 4 heteroatoms. The van der Waals surface area contributed by atoms with E-state index in [4.69, 9.17) is 5.11 Å². The van der Waals surface area contributed by atoms with Gasteiger partial charge in [0.2, 0.25) is 5.91 Å². The van der Waals surface area contributed by atoms with Crippen molar-refractivity contribution >= 4 is 11.9 Å². The fraction of sp³-hybridized carbons (Fsp3) is 0.833. The first-order chi connectivity index (χ1) is 7.34. The Balaban J connectivity index is 2.62. The van der Waals surface area contributed by atoms with Crippen molar-refractivity contribution in [2.75, 3.05) is 0 Å². The molecule has 0 radical (unpaired) electrons. The summed E-state index contributed by atoms with van der Waals surface area (Å²) in [6.45, 7) is 5.67. The van der Waals surface area contributed by atoms with Gasteiger partial charge in [-0.25, -0.2) is 0 Å². The Morgan fingerprint density at radius 2 is 2.00 bits per heavy atom. The average Bonchev–Trinajstić information content (AvgIpc) is 2.16. The van der Waals surface area contributed by atoms with E-state index < -0.39 is 12.0 Å². The molecule has 2 atom stereocenters. The van der Waals surface area contributed by atoms with Crippen molar-refractivity contribution in [1.29, 1.82) is 0 Å². The van der Waals surface area contributed by atoms with E-state index >= 15 is 0 Å². The Bertz CT molecular complexity index is 286. The summed E-state index contributed by atoms with van der Waals surface area (Å²) in [5.74, 6) is -1.15. The summed E-state index contributed by atoms with van der Waals surface area (Å²) in [5.41, 5.74) is -0.0133. The molecule has 4 nitrogen and oxygen atoms in total. The SMILES string of the molecule is C[C@@H](NC(=O)C1CCCCC1(C)C)C(=O)O. The van der Waals surface area contributed by atoms with Gasteiger partial charge < -0.3 is 10.4 Å². The first kappa shape index (κ1) is 13.0. The molecular weight excluding hydrogens is 206 g/mol. The monoisotopic (exact) mass is 227 g/mol. The van der Waals surface area contributed by atoms with Crippen molar-refractivity contribution in [3.8, 4) is 0 Å². The molecule has 0 aromatic rings. The summed E-state index contributed by atoms with van der Waals surface area (Å²) in [6.07, 6.45) is 4.12. The van der Waals surface area contributed by atoms with Crippen LogP contribution < -0.4 is 5.32 Å². The number of hydrogen-bond donors (Lipinski definition) is 2. The van der Waals surface area contributed by atoms with Crippen molar-refractivity contribution in [2.45, 2.75) is 52.5 Å². The number of nitrogens with one attached hydrogen (secondary N) is 1. The fourth-order valence-electron chi connectivity index (χ4n) is 2.36. The fourth-order valence-corrected chi connectivity index (χ4v) is 2.36. The van der Waals surface area contributed by atoms with Gasteiger partial charge in [-0.3, -0.25) is 9.59 Å². The molecule has 1 saturated carbocycles. The number of carbonyl (C=O) groups excluding carboxylic acids is 1. The Kier molecular flexibility index (Phi) is 3.94. The molecule has 0 spiro atoms. The van der Waals surface area contributed by atoms with E-state index in [0.717, 1.165) is 25.7 Å². The summed E-state index contributed by atoms with van der Waals surface area (Å²) in [6, 6.07) is -0.801. The highest BCUT2D eigenvalue weighted by Crippen LogP contribution is 2.40. The third kappa shape index (κ3) is 2.97. The second kappa shape index (κ2) is 4.85. The zero-order valence-electron chi connectivity index (χ0n) is 10.2. The zero-order chi connectivity index (χ0) is 12.3. The Morgan fingerprint density at radius 3 is 2.50 bits per heavy atom. The highest BCUT2D eigenvalue weighted by Gasteiger charge is 2.37. The summed E-state index contributed by atoms with van der Waals surface area (Å²) in [5, 5.41) is 11.3. The number of carboxylic acids is 1. The van der Waals surface area contributed by atoms with E-state index in [2.05, 4.69) is 19.2 Å². The minimum Gasteiger partial charge on any atom is -0.480 e. The van der Waals surface area contributed by atoms with Crippen LogP contribution in [-0.2, 0) is 9.59 Å². The highest BCUT2D eigenvalue weighted by molar-refractivity contribution is 5.85. The molecule has 2 N–H and O–H groups in total. The summed E-state index contributed by atoms with van der Waals surface area (Å²) in [7, 11) is 0. The lowest BCUT2D eigenvalue weighted by molar-refractivity contribution is -0.143. The van der Waals surface area contributed by atoms with Crippen molar-refractivity contribution in [3.05, 3.63) is 0 Å². The van der Waals surface area contributed by atoms with Crippen molar-refractivity contribution in [2.24, 2.45) is 11.3 Å². The molecular formula is C12H21NO3. The minimum absolute atomic E-state index is 0.0133. The lowest BCUT2D eigenvalue weighted by atomic mass is 9.68. The van der Waals surface area contributed by atoms with Crippen LogP contribution in [0.2, 0.25) is 0 Å². The van der Waals surface area contributed by atoms with Crippen LogP contribution in [0.1, 0.15) is 46.5 Å². The molecule has 0 saturated heterocycles. The molecule has 1 fully saturated rings. The highest BCUT2D eigenvalue weighted by atomic mass is 16.4. The van der Waals surface area contributed by atoms with Gasteiger partial charge in [-0.1, -0.05) is 26.7 Å². The van der Waals surface area contributed by atoms with Crippen LogP contribution in [0.4, 0.5) is 0 Å². The van der Waals surface area contributed by atoms with E-state index in [0.29, 0.717) is 0 Å². The maximum absolute atomic E-state index is 12.0. The molecule has 0 heterocycles. The molecule has 0 aromatic heterocycles. The topological polar surface area (TPSA) is 66.4 Å². The normalized spacial score (nSPS) is 25.8. The van der Waals surface area contributed by atoms with E-state index in [1.165, 1.54) is 6.92 Å². The van der Waals surface area contributed by atoms with Crippen LogP contribution in [0.15, 0.2) is 0 Å². The van der Waals surface area contributed by atoms with Gasteiger partial charge in [-0.15, -0.1) is 0 Å². The lowest BCUT2D eigenvalue weighted by Crippen LogP contribution is -2.46. The maximum atomic E-state index is 12.0. The van der Waals surface area contributed by atoms with Gasteiger partial charge >= 0.3 is 5.97 Å². The molecule has 0 aliphatic heterocycles. The van der Waals surface area contributed by atoms with Crippen LogP contribution in [0.3, 0.4) is 0 Å². The van der Waals surface area contributed by atoms with E-state index in [-0.39, 0.29) is 17.2 Å². The molecule has 1 rings (SSSR count). The number of aliphatic carboxylic acids is 1. The predicted octanol–water partition coefficient (Wildman–Crippen LogP) is 1.79.